The summed E-state index contributed by atoms with van der Waals surface area (Å²) in [5.74, 6) is -1.82. The van der Waals surface area contributed by atoms with Gasteiger partial charge in [0.25, 0.3) is 5.91 Å². The number of anilines is 1. The third-order valence-corrected chi connectivity index (χ3v) is 2.72. The Balaban J connectivity index is 2.73. The molecule has 0 fully saturated rings. The first-order chi connectivity index (χ1) is 8.56. The molecule has 0 bridgehead atoms. The first kappa shape index (κ1) is 14.0. The second kappa shape index (κ2) is 6.64. The molecular weight excluding hydrogens is 232 g/mol. The van der Waals surface area contributed by atoms with Crippen molar-refractivity contribution in [1.82, 2.24) is 0 Å². The minimum Gasteiger partial charge on any atom is -0.481 e. The molecule has 0 aromatic heterocycles. The van der Waals surface area contributed by atoms with Crippen LogP contribution in [0.25, 0.3) is 0 Å². The van der Waals surface area contributed by atoms with Gasteiger partial charge in [0.05, 0.1) is 11.5 Å². The van der Waals surface area contributed by atoms with E-state index in [9.17, 15) is 9.59 Å². The Labute approximate surface area is 106 Å². The second-order valence-electron chi connectivity index (χ2n) is 4.11. The fourth-order valence-electron chi connectivity index (χ4n) is 1.75. The Bertz CT molecular complexity index is 432. The summed E-state index contributed by atoms with van der Waals surface area (Å²) in [7, 11) is 0. The smallest absolute Gasteiger partial charge is 0.308 e. The number of hydrogen-bond donors (Lipinski definition) is 3. The Morgan fingerprint density at radius 1 is 1.39 bits per heavy atom. The minimum absolute atomic E-state index is 0.285. The molecule has 0 aliphatic heterocycles. The molecule has 1 unspecified atom stereocenters. The summed E-state index contributed by atoms with van der Waals surface area (Å²) in [6, 6.07) is 6.81. The quantitative estimate of drug-likeness (QED) is 0.686. The number of hydrogen-bond acceptors (Lipinski definition) is 3. The van der Waals surface area contributed by atoms with Crippen LogP contribution in [-0.4, -0.2) is 23.5 Å². The summed E-state index contributed by atoms with van der Waals surface area (Å²) in [6.45, 7) is 2.22. The van der Waals surface area contributed by atoms with Crippen LogP contribution in [0.1, 0.15) is 30.1 Å². The molecule has 0 saturated heterocycles. The summed E-state index contributed by atoms with van der Waals surface area (Å²) in [5, 5.41) is 12.0. The van der Waals surface area contributed by atoms with Crippen LogP contribution >= 0.6 is 0 Å². The largest absolute Gasteiger partial charge is 0.481 e. The minimum atomic E-state index is -0.832. The number of carboxylic acid groups (broad SMARTS) is 1. The summed E-state index contributed by atoms with van der Waals surface area (Å²) in [6.07, 6.45) is 1.40. The lowest BCUT2D eigenvalue weighted by molar-refractivity contribution is -0.141. The molecule has 0 heterocycles. The van der Waals surface area contributed by atoms with Crippen molar-refractivity contribution >= 4 is 17.6 Å². The number of carbonyl (C=O) groups is 2. The zero-order chi connectivity index (χ0) is 13.5. The Kier molecular flexibility index (Phi) is 5.17. The van der Waals surface area contributed by atoms with Gasteiger partial charge in [0.15, 0.2) is 0 Å². The lowest BCUT2D eigenvalue weighted by atomic mass is 10.0. The van der Waals surface area contributed by atoms with E-state index >= 15 is 0 Å². The number of rotatable bonds is 7. The molecule has 0 radical (unpaired) electrons. The fourth-order valence-corrected chi connectivity index (χ4v) is 1.75. The molecule has 98 valence electrons. The van der Waals surface area contributed by atoms with E-state index in [1.54, 1.807) is 24.3 Å². The molecule has 4 N–H and O–H groups in total. The van der Waals surface area contributed by atoms with Crippen LogP contribution in [0.15, 0.2) is 24.3 Å². The van der Waals surface area contributed by atoms with Gasteiger partial charge in [-0.2, -0.15) is 0 Å². The van der Waals surface area contributed by atoms with Crippen molar-refractivity contribution < 1.29 is 14.7 Å². The first-order valence-electron chi connectivity index (χ1n) is 5.91. The highest BCUT2D eigenvalue weighted by Gasteiger charge is 2.16. The number of nitrogens with two attached hydrogens (primary N) is 1. The fraction of sp³-hybridized carbons (Fsp3) is 0.385. The molecule has 0 aliphatic carbocycles. The van der Waals surface area contributed by atoms with E-state index in [4.69, 9.17) is 10.8 Å². The van der Waals surface area contributed by atoms with Gasteiger partial charge in [-0.25, -0.2) is 0 Å². The molecule has 0 spiro atoms. The van der Waals surface area contributed by atoms with Crippen molar-refractivity contribution in [3.8, 4) is 0 Å². The highest BCUT2D eigenvalue weighted by molar-refractivity contribution is 5.98. The van der Waals surface area contributed by atoms with Crippen molar-refractivity contribution in [2.75, 3.05) is 11.9 Å². The average Bonchev–Trinajstić information content (AvgIpc) is 2.34. The van der Waals surface area contributed by atoms with E-state index in [-0.39, 0.29) is 6.54 Å². The van der Waals surface area contributed by atoms with E-state index in [1.807, 2.05) is 6.92 Å². The summed E-state index contributed by atoms with van der Waals surface area (Å²) in [4.78, 5) is 22.2. The molecule has 0 saturated carbocycles. The molecule has 1 aromatic rings. The van der Waals surface area contributed by atoms with Crippen LogP contribution in [0.5, 0.6) is 0 Å². The van der Waals surface area contributed by atoms with E-state index in [0.29, 0.717) is 17.7 Å². The Hall–Kier alpha value is -2.04. The van der Waals surface area contributed by atoms with Crippen molar-refractivity contribution in [3.05, 3.63) is 29.8 Å². The number of benzene rings is 1. The SMILES string of the molecule is CCCC(CNc1ccccc1C(N)=O)C(=O)O. The van der Waals surface area contributed by atoms with E-state index in [1.165, 1.54) is 0 Å². The maximum Gasteiger partial charge on any atom is 0.308 e. The molecule has 18 heavy (non-hydrogen) atoms. The zero-order valence-corrected chi connectivity index (χ0v) is 10.3. The molecular formula is C13H18N2O3. The van der Waals surface area contributed by atoms with Crippen molar-refractivity contribution in [3.63, 3.8) is 0 Å². The van der Waals surface area contributed by atoms with Crippen LogP contribution in [0.4, 0.5) is 5.69 Å². The zero-order valence-electron chi connectivity index (χ0n) is 10.3. The van der Waals surface area contributed by atoms with Crippen LogP contribution in [0.2, 0.25) is 0 Å². The van der Waals surface area contributed by atoms with Crippen LogP contribution < -0.4 is 11.1 Å². The highest BCUT2D eigenvalue weighted by atomic mass is 16.4. The monoisotopic (exact) mass is 250 g/mol. The number of amides is 1. The topological polar surface area (TPSA) is 92.4 Å². The molecule has 0 aliphatic rings. The molecule has 1 rings (SSSR count). The number of nitrogens with one attached hydrogen (secondary N) is 1. The number of aliphatic carboxylic acids is 1. The number of primary amides is 1. The lowest BCUT2D eigenvalue weighted by Crippen LogP contribution is -2.24. The van der Waals surface area contributed by atoms with E-state index in [2.05, 4.69) is 5.32 Å². The standard InChI is InChI=1S/C13H18N2O3/c1-2-5-9(13(17)18)8-15-11-7-4-3-6-10(11)12(14)16/h3-4,6-7,9,15H,2,5,8H2,1H3,(H2,14,16)(H,17,18). The summed E-state index contributed by atoms with van der Waals surface area (Å²) < 4.78 is 0. The average molecular weight is 250 g/mol. The van der Waals surface area contributed by atoms with Crippen LogP contribution in [0.3, 0.4) is 0 Å². The molecule has 1 amide bonds. The van der Waals surface area contributed by atoms with E-state index in [0.717, 1.165) is 6.42 Å². The van der Waals surface area contributed by atoms with Gasteiger partial charge in [-0.05, 0) is 18.6 Å². The maximum absolute atomic E-state index is 11.2. The molecule has 1 aromatic carbocycles. The normalized spacial score (nSPS) is 11.8. The first-order valence-corrected chi connectivity index (χ1v) is 5.91. The van der Waals surface area contributed by atoms with Crippen LogP contribution in [-0.2, 0) is 4.79 Å². The van der Waals surface area contributed by atoms with Gasteiger partial charge < -0.3 is 16.2 Å². The van der Waals surface area contributed by atoms with Gasteiger partial charge in [0.1, 0.15) is 0 Å². The van der Waals surface area contributed by atoms with Gasteiger partial charge in [-0.15, -0.1) is 0 Å². The number of carbonyl (C=O) groups excluding carboxylic acids is 1. The second-order valence-corrected chi connectivity index (χ2v) is 4.11. The van der Waals surface area contributed by atoms with E-state index < -0.39 is 17.8 Å². The maximum atomic E-state index is 11.2. The predicted octanol–water partition coefficient (Wildman–Crippen LogP) is 1.70. The highest BCUT2D eigenvalue weighted by Crippen LogP contribution is 2.16. The van der Waals surface area contributed by atoms with Gasteiger partial charge in [-0.1, -0.05) is 25.5 Å². The molecule has 5 nitrogen and oxygen atoms in total. The van der Waals surface area contributed by atoms with Crippen molar-refractivity contribution in [2.45, 2.75) is 19.8 Å². The number of carboxylic acids is 1. The molecule has 1 atom stereocenters. The number of para-hydroxylation sites is 1. The summed E-state index contributed by atoms with van der Waals surface area (Å²) >= 11 is 0. The van der Waals surface area contributed by atoms with Crippen molar-refractivity contribution in [2.24, 2.45) is 11.7 Å². The van der Waals surface area contributed by atoms with Crippen molar-refractivity contribution in [1.29, 1.82) is 0 Å². The van der Waals surface area contributed by atoms with Gasteiger partial charge in [0.2, 0.25) is 0 Å². The third kappa shape index (κ3) is 3.76. The predicted molar refractivity (Wildman–Crippen MR) is 69.5 cm³/mol. The Morgan fingerprint density at radius 3 is 2.61 bits per heavy atom. The lowest BCUT2D eigenvalue weighted by Gasteiger charge is -2.14. The molecule has 5 heteroatoms. The van der Waals surface area contributed by atoms with Gasteiger partial charge >= 0.3 is 5.97 Å². The summed E-state index contributed by atoms with van der Waals surface area (Å²) in [5.41, 5.74) is 6.19. The van der Waals surface area contributed by atoms with Crippen LogP contribution in [0, 0.1) is 5.92 Å². The van der Waals surface area contributed by atoms with Gasteiger partial charge in [-0.3, -0.25) is 9.59 Å². The Morgan fingerprint density at radius 2 is 2.06 bits per heavy atom. The van der Waals surface area contributed by atoms with Gasteiger partial charge in [0, 0.05) is 12.2 Å². The third-order valence-electron chi connectivity index (χ3n) is 2.72.